The fourth-order valence-electron chi connectivity index (χ4n) is 7.46. The Morgan fingerprint density at radius 3 is 1.11 bits per heavy atom. The quantitative estimate of drug-likeness (QED) is 0.188. The minimum atomic E-state index is 0.895. The molecule has 9 rings (SSSR count). The molecule has 0 fully saturated rings. The minimum Gasteiger partial charge on any atom is -0.0616 e. The Kier molecular flexibility index (Phi) is 5.74. The van der Waals surface area contributed by atoms with Gasteiger partial charge in [0.2, 0.25) is 0 Å². The Bertz CT molecular complexity index is 2550. The minimum absolute atomic E-state index is 0.895. The van der Waals surface area contributed by atoms with E-state index in [1.54, 1.807) is 0 Å². The number of hydrogen-bond donors (Lipinski definition) is 0. The summed E-state index contributed by atoms with van der Waals surface area (Å²) in [6.07, 6.45) is 1.80. The summed E-state index contributed by atoms with van der Waals surface area (Å²) >= 11 is 0. The molecule has 206 valence electrons. The number of benzene rings is 9. The molecule has 0 spiro atoms. The van der Waals surface area contributed by atoms with Crippen LogP contribution in [0.3, 0.4) is 0 Å². The van der Waals surface area contributed by atoms with Crippen molar-refractivity contribution < 1.29 is 0 Å². The van der Waals surface area contributed by atoms with Crippen molar-refractivity contribution >= 4 is 64.6 Å². The van der Waals surface area contributed by atoms with Gasteiger partial charge in [-0.3, -0.25) is 0 Å². The van der Waals surface area contributed by atoms with E-state index in [-0.39, 0.29) is 0 Å². The zero-order chi connectivity index (χ0) is 29.0. The smallest absolute Gasteiger partial charge is 0.00130 e. The van der Waals surface area contributed by atoms with Crippen molar-refractivity contribution in [3.63, 3.8) is 0 Å². The third-order valence-corrected chi connectivity index (χ3v) is 9.49. The molecule has 0 amide bonds. The molecule has 0 heterocycles. The Labute approximate surface area is 256 Å². The maximum atomic E-state index is 2.43. The van der Waals surface area contributed by atoms with Crippen LogP contribution in [0.5, 0.6) is 0 Å². The lowest BCUT2D eigenvalue weighted by Crippen LogP contribution is -1.95. The molecule has 0 aliphatic carbocycles. The molecule has 9 aromatic carbocycles. The summed E-state index contributed by atoms with van der Waals surface area (Å²) in [5, 5.41) is 15.9. The second-order valence-corrected chi connectivity index (χ2v) is 12.1. The normalized spacial score (nSPS) is 11.8. The van der Waals surface area contributed by atoms with Crippen LogP contribution in [0.15, 0.2) is 158 Å². The SMILES string of the molecule is c1ccc2c(c1)cc(Cc1ccc3cc(Cc4cc5ccccc5c5ccccc45)c4ccccc4c3c1)c1ccccc12. The van der Waals surface area contributed by atoms with Crippen molar-refractivity contribution in [1.82, 2.24) is 0 Å². The van der Waals surface area contributed by atoms with E-state index in [4.69, 9.17) is 0 Å². The molecule has 0 N–H and O–H groups in total. The third-order valence-electron chi connectivity index (χ3n) is 9.49. The fraction of sp³-hybridized carbons (Fsp3) is 0.0455. The molecule has 0 aliphatic rings. The van der Waals surface area contributed by atoms with Gasteiger partial charge in [0.05, 0.1) is 0 Å². The molecule has 0 nitrogen and oxygen atoms in total. The van der Waals surface area contributed by atoms with Crippen LogP contribution in [0.2, 0.25) is 0 Å². The van der Waals surface area contributed by atoms with Crippen molar-refractivity contribution in [2.24, 2.45) is 0 Å². The highest BCUT2D eigenvalue weighted by molar-refractivity contribution is 6.12. The van der Waals surface area contributed by atoms with Crippen LogP contribution in [-0.4, -0.2) is 0 Å². The first kappa shape index (κ1) is 25.1. The molecule has 44 heavy (non-hydrogen) atoms. The van der Waals surface area contributed by atoms with E-state index in [1.165, 1.54) is 86.9 Å². The first-order valence-electron chi connectivity index (χ1n) is 15.5. The highest BCUT2D eigenvalue weighted by atomic mass is 14.2. The molecular weight excluding hydrogens is 528 g/mol. The second-order valence-electron chi connectivity index (χ2n) is 12.1. The van der Waals surface area contributed by atoms with Gasteiger partial charge in [-0.15, -0.1) is 0 Å². The van der Waals surface area contributed by atoms with Gasteiger partial charge in [0, 0.05) is 0 Å². The Morgan fingerprint density at radius 1 is 0.250 bits per heavy atom. The molecule has 9 aromatic rings. The van der Waals surface area contributed by atoms with Gasteiger partial charge >= 0.3 is 0 Å². The average molecular weight is 559 g/mol. The number of fused-ring (bicyclic) bond motifs is 9. The van der Waals surface area contributed by atoms with Crippen LogP contribution < -0.4 is 0 Å². The van der Waals surface area contributed by atoms with Crippen LogP contribution in [0.1, 0.15) is 22.3 Å². The highest BCUT2D eigenvalue weighted by Gasteiger charge is 2.13. The Morgan fingerprint density at radius 2 is 0.614 bits per heavy atom. The van der Waals surface area contributed by atoms with E-state index in [9.17, 15) is 0 Å². The summed E-state index contributed by atoms with van der Waals surface area (Å²) in [6, 6.07) is 58.5. The summed E-state index contributed by atoms with van der Waals surface area (Å²) in [7, 11) is 0. The molecule has 0 heteroatoms. The van der Waals surface area contributed by atoms with Gasteiger partial charge in [-0.2, -0.15) is 0 Å². The van der Waals surface area contributed by atoms with E-state index >= 15 is 0 Å². The summed E-state index contributed by atoms with van der Waals surface area (Å²) in [5.41, 5.74) is 5.48. The number of rotatable bonds is 4. The first-order valence-corrected chi connectivity index (χ1v) is 15.5. The standard InChI is InChI=1S/C44H30/c1-3-13-36-30(11-1)25-33(38-15-5-8-18-41(36)38)23-29-21-22-32-27-35(40-17-7-10-20-43(40)44(32)24-29)28-34-26-31-12-2-4-14-37(31)42-19-9-6-16-39(34)42/h1-22,24-27H,23,28H2. The Hall–Kier alpha value is -5.46. The lowest BCUT2D eigenvalue weighted by Gasteiger charge is -2.15. The lowest BCUT2D eigenvalue weighted by molar-refractivity contribution is 1.22. The monoisotopic (exact) mass is 558 g/mol. The van der Waals surface area contributed by atoms with Crippen molar-refractivity contribution in [2.75, 3.05) is 0 Å². The molecule has 0 saturated heterocycles. The van der Waals surface area contributed by atoms with Gasteiger partial charge in [-0.05, 0) is 99.7 Å². The van der Waals surface area contributed by atoms with Crippen LogP contribution in [0.4, 0.5) is 0 Å². The van der Waals surface area contributed by atoms with Gasteiger partial charge in [-0.1, -0.05) is 158 Å². The zero-order valence-electron chi connectivity index (χ0n) is 24.4. The maximum absolute atomic E-state index is 2.43. The van der Waals surface area contributed by atoms with Gasteiger partial charge in [0.15, 0.2) is 0 Å². The number of hydrogen-bond acceptors (Lipinski definition) is 0. The van der Waals surface area contributed by atoms with Crippen LogP contribution in [0, 0.1) is 0 Å². The van der Waals surface area contributed by atoms with E-state index in [2.05, 4.69) is 158 Å². The maximum Gasteiger partial charge on any atom is -0.00130 e. The predicted molar refractivity (Wildman–Crippen MR) is 190 cm³/mol. The molecule has 0 bridgehead atoms. The van der Waals surface area contributed by atoms with Crippen molar-refractivity contribution in [3.05, 3.63) is 180 Å². The molecule has 0 aliphatic heterocycles. The van der Waals surface area contributed by atoms with Crippen molar-refractivity contribution in [3.8, 4) is 0 Å². The van der Waals surface area contributed by atoms with Crippen molar-refractivity contribution in [1.29, 1.82) is 0 Å². The van der Waals surface area contributed by atoms with E-state index in [0.717, 1.165) is 12.8 Å². The lowest BCUT2D eigenvalue weighted by atomic mass is 9.89. The summed E-state index contributed by atoms with van der Waals surface area (Å²) in [5.74, 6) is 0. The van der Waals surface area contributed by atoms with Gasteiger partial charge in [-0.25, -0.2) is 0 Å². The Balaban J connectivity index is 1.18. The van der Waals surface area contributed by atoms with Gasteiger partial charge < -0.3 is 0 Å². The van der Waals surface area contributed by atoms with Crippen LogP contribution in [-0.2, 0) is 12.8 Å². The van der Waals surface area contributed by atoms with E-state index < -0.39 is 0 Å². The topological polar surface area (TPSA) is 0 Å². The molecule has 0 saturated carbocycles. The highest BCUT2D eigenvalue weighted by Crippen LogP contribution is 2.36. The molecule has 0 unspecified atom stereocenters. The molecule has 0 atom stereocenters. The molecular formula is C44H30. The largest absolute Gasteiger partial charge is 0.0616 e. The molecule has 0 aromatic heterocycles. The fourth-order valence-corrected chi connectivity index (χ4v) is 7.46. The average Bonchev–Trinajstić information content (AvgIpc) is 3.09. The zero-order valence-corrected chi connectivity index (χ0v) is 24.4. The van der Waals surface area contributed by atoms with Crippen LogP contribution >= 0.6 is 0 Å². The summed E-state index contributed by atoms with van der Waals surface area (Å²) in [4.78, 5) is 0. The van der Waals surface area contributed by atoms with E-state index in [1.807, 2.05) is 0 Å². The van der Waals surface area contributed by atoms with Crippen LogP contribution in [0.25, 0.3) is 64.6 Å². The second kappa shape index (κ2) is 10.1. The third kappa shape index (κ3) is 4.07. The molecule has 0 radical (unpaired) electrons. The predicted octanol–water partition coefficient (Wildman–Crippen LogP) is 11.8. The summed E-state index contributed by atoms with van der Waals surface area (Å²) < 4.78 is 0. The van der Waals surface area contributed by atoms with Gasteiger partial charge in [0.1, 0.15) is 0 Å². The van der Waals surface area contributed by atoms with Gasteiger partial charge in [0.25, 0.3) is 0 Å². The first-order chi connectivity index (χ1) is 21.8. The summed E-state index contributed by atoms with van der Waals surface area (Å²) in [6.45, 7) is 0. The van der Waals surface area contributed by atoms with Crippen molar-refractivity contribution in [2.45, 2.75) is 12.8 Å². The van der Waals surface area contributed by atoms with E-state index in [0.29, 0.717) is 0 Å².